The van der Waals surface area contributed by atoms with Gasteiger partial charge in [0.25, 0.3) is 0 Å². The first-order valence-corrected chi connectivity index (χ1v) is 8.00. The Morgan fingerprint density at radius 3 is 2.63 bits per heavy atom. The van der Waals surface area contributed by atoms with Crippen LogP contribution in [0.2, 0.25) is 0 Å². The fourth-order valence-corrected chi connectivity index (χ4v) is 3.58. The van der Waals surface area contributed by atoms with Gasteiger partial charge in [-0.3, -0.25) is 9.69 Å². The highest BCUT2D eigenvalue weighted by Gasteiger charge is 2.34. The molecule has 4 nitrogen and oxygen atoms in total. The van der Waals surface area contributed by atoms with Crippen LogP contribution < -0.4 is 10.6 Å². The molecule has 0 radical (unpaired) electrons. The Hall–Kier alpha value is -0.610. The molecule has 0 bridgehead atoms. The van der Waals surface area contributed by atoms with Gasteiger partial charge in [-0.05, 0) is 38.5 Å². The van der Waals surface area contributed by atoms with Crippen molar-refractivity contribution in [1.29, 1.82) is 0 Å². The highest BCUT2D eigenvalue weighted by atomic mass is 16.2. The average Bonchev–Trinajstić information content (AvgIpc) is 2.47. The minimum Gasteiger partial charge on any atom is -0.355 e. The first-order valence-electron chi connectivity index (χ1n) is 8.00. The van der Waals surface area contributed by atoms with Crippen molar-refractivity contribution < 1.29 is 4.79 Å². The maximum atomic E-state index is 12.2. The molecule has 0 spiro atoms. The highest BCUT2D eigenvalue weighted by molar-refractivity contribution is 5.82. The van der Waals surface area contributed by atoms with Gasteiger partial charge < -0.3 is 10.6 Å². The Morgan fingerprint density at radius 1 is 1.26 bits per heavy atom. The zero-order valence-electron chi connectivity index (χ0n) is 12.5. The summed E-state index contributed by atoms with van der Waals surface area (Å²) < 4.78 is 0. The van der Waals surface area contributed by atoms with Gasteiger partial charge in [-0.15, -0.1) is 0 Å². The lowest BCUT2D eigenvalue weighted by Crippen LogP contribution is -2.61. The number of hydrogen-bond acceptors (Lipinski definition) is 3. The number of rotatable bonds is 4. The van der Waals surface area contributed by atoms with Crippen LogP contribution in [0.25, 0.3) is 0 Å². The van der Waals surface area contributed by atoms with Gasteiger partial charge in [-0.2, -0.15) is 0 Å². The van der Waals surface area contributed by atoms with Crippen molar-refractivity contribution in [2.24, 2.45) is 5.92 Å². The van der Waals surface area contributed by atoms with Gasteiger partial charge in [0, 0.05) is 32.2 Å². The predicted octanol–water partition coefficient (Wildman–Crippen LogP) is 1.37. The first kappa shape index (κ1) is 14.8. The van der Waals surface area contributed by atoms with Gasteiger partial charge in [0.1, 0.15) is 6.04 Å². The van der Waals surface area contributed by atoms with Crippen LogP contribution >= 0.6 is 0 Å². The Kier molecular flexibility index (Phi) is 5.64. The van der Waals surface area contributed by atoms with Crippen LogP contribution in [0.1, 0.15) is 46.0 Å². The number of hydrogen-bond donors (Lipinski definition) is 2. The van der Waals surface area contributed by atoms with Crippen molar-refractivity contribution >= 4 is 5.91 Å². The second-order valence-corrected chi connectivity index (χ2v) is 5.94. The van der Waals surface area contributed by atoms with E-state index in [9.17, 15) is 4.79 Å². The van der Waals surface area contributed by atoms with Crippen molar-refractivity contribution in [3.05, 3.63) is 0 Å². The van der Waals surface area contributed by atoms with Gasteiger partial charge in [0.15, 0.2) is 0 Å². The predicted molar refractivity (Wildman–Crippen MR) is 78.1 cm³/mol. The molecule has 4 heteroatoms. The molecule has 1 unspecified atom stereocenters. The smallest absolute Gasteiger partial charge is 0.238 e. The maximum Gasteiger partial charge on any atom is 0.238 e. The van der Waals surface area contributed by atoms with Crippen LogP contribution in [-0.4, -0.2) is 49.1 Å². The Bertz CT molecular complexity index is 287. The number of amides is 1. The quantitative estimate of drug-likeness (QED) is 0.808. The summed E-state index contributed by atoms with van der Waals surface area (Å²) in [6.45, 7) is 7.86. The summed E-state index contributed by atoms with van der Waals surface area (Å²) in [5.74, 6) is 1.12. The number of nitrogens with one attached hydrogen (secondary N) is 2. The third-order valence-corrected chi connectivity index (χ3v) is 4.80. The molecule has 1 atom stereocenters. The van der Waals surface area contributed by atoms with E-state index in [1.54, 1.807) is 0 Å². The van der Waals surface area contributed by atoms with Gasteiger partial charge in [0.2, 0.25) is 5.91 Å². The zero-order valence-corrected chi connectivity index (χ0v) is 12.5. The number of likely N-dealkylation sites (N-methyl/N-ethyl adjacent to an activating group) is 1. The monoisotopic (exact) mass is 267 g/mol. The van der Waals surface area contributed by atoms with Crippen molar-refractivity contribution in [1.82, 2.24) is 15.5 Å². The highest BCUT2D eigenvalue weighted by Crippen LogP contribution is 2.30. The van der Waals surface area contributed by atoms with Gasteiger partial charge in [-0.1, -0.05) is 13.3 Å². The first-order chi connectivity index (χ1) is 9.26. The molecule has 1 saturated carbocycles. The number of carbonyl (C=O) groups is 1. The Labute approximate surface area is 117 Å². The summed E-state index contributed by atoms with van der Waals surface area (Å²) in [5, 5.41) is 6.34. The topological polar surface area (TPSA) is 44.4 Å². The van der Waals surface area contributed by atoms with Crippen molar-refractivity contribution in [3.63, 3.8) is 0 Å². The number of piperazine rings is 1. The standard InChI is InChI=1S/C15H29N3O/c1-3-12-5-7-13(8-6-12)18-10-9-16-11-14(18)15(19)17-4-2/h12-14,16H,3-11H2,1-2H3,(H,17,19). The van der Waals surface area contributed by atoms with Crippen LogP contribution in [-0.2, 0) is 4.79 Å². The van der Waals surface area contributed by atoms with E-state index in [1.165, 1.54) is 32.1 Å². The van der Waals surface area contributed by atoms with E-state index in [0.717, 1.165) is 32.1 Å². The molecule has 19 heavy (non-hydrogen) atoms. The molecule has 2 N–H and O–H groups in total. The normalized spacial score (nSPS) is 33.1. The lowest BCUT2D eigenvalue weighted by atomic mass is 9.83. The molecule has 2 fully saturated rings. The second kappa shape index (κ2) is 7.25. The van der Waals surface area contributed by atoms with Crippen LogP contribution in [0.15, 0.2) is 0 Å². The molecular formula is C15H29N3O. The minimum absolute atomic E-state index is 0.0388. The van der Waals surface area contributed by atoms with Gasteiger partial charge >= 0.3 is 0 Å². The van der Waals surface area contributed by atoms with E-state index < -0.39 is 0 Å². The van der Waals surface area contributed by atoms with Crippen LogP contribution in [0, 0.1) is 5.92 Å². The summed E-state index contributed by atoms with van der Waals surface area (Å²) in [6, 6.07) is 0.661. The molecule has 1 heterocycles. The second-order valence-electron chi connectivity index (χ2n) is 5.94. The van der Waals surface area contributed by atoms with E-state index in [2.05, 4.69) is 22.5 Å². The summed E-state index contributed by atoms with van der Waals surface area (Å²) in [7, 11) is 0. The summed E-state index contributed by atoms with van der Waals surface area (Å²) >= 11 is 0. The third kappa shape index (κ3) is 3.69. The molecule has 1 amide bonds. The lowest BCUT2D eigenvalue weighted by molar-refractivity contribution is -0.128. The maximum absolute atomic E-state index is 12.2. The molecule has 1 saturated heterocycles. The molecule has 110 valence electrons. The number of nitrogens with zero attached hydrogens (tertiary/aromatic N) is 1. The van der Waals surface area contributed by atoms with Crippen molar-refractivity contribution in [2.45, 2.75) is 58.0 Å². The Morgan fingerprint density at radius 2 is 2.00 bits per heavy atom. The van der Waals surface area contributed by atoms with Gasteiger partial charge in [-0.25, -0.2) is 0 Å². The van der Waals surface area contributed by atoms with Gasteiger partial charge in [0.05, 0.1) is 0 Å². The lowest BCUT2D eigenvalue weighted by Gasteiger charge is -2.43. The van der Waals surface area contributed by atoms with Crippen LogP contribution in [0.3, 0.4) is 0 Å². The SMILES string of the molecule is CCNC(=O)C1CNCCN1C1CCC(CC)CC1. The van der Waals surface area contributed by atoms with E-state index in [0.29, 0.717) is 6.04 Å². The van der Waals surface area contributed by atoms with Crippen LogP contribution in [0.4, 0.5) is 0 Å². The van der Waals surface area contributed by atoms with E-state index in [1.807, 2.05) is 6.92 Å². The van der Waals surface area contributed by atoms with Crippen molar-refractivity contribution in [3.8, 4) is 0 Å². The minimum atomic E-state index is 0.0388. The zero-order chi connectivity index (χ0) is 13.7. The van der Waals surface area contributed by atoms with E-state index >= 15 is 0 Å². The summed E-state index contributed by atoms with van der Waals surface area (Å²) in [5.41, 5.74) is 0. The van der Waals surface area contributed by atoms with Crippen LogP contribution in [0.5, 0.6) is 0 Å². The fraction of sp³-hybridized carbons (Fsp3) is 0.933. The molecule has 0 aromatic rings. The molecule has 1 aliphatic carbocycles. The molecule has 0 aromatic heterocycles. The summed E-state index contributed by atoms with van der Waals surface area (Å²) in [6.07, 6.45) is 6.54. The molecule has 2 aliphatic rings. The molecule has 2 rings (SSSR count). The third-order valence-electron chi connectivity index (χ3n) is 4.80. The molecule has 1 aliphatic heterocycles. The molecule has 0 aromatic carbocycles. The largest absolute Gasteiger partial charge is 0.355 e. The van der Waals surface area contributed by atoms with E-state index in [-0.39, 0.29) is 11.9 Å². The van der Waals surface area contributed by atoms with E-state index in [4.69, 9.17) is 0 Å². The number of carbonyl (C=O) groups excluding carboxylic acids is 1. The molecular weight excluding hydrogens is 238 g/mol. The average molecular weight is 267 g/mol. The fourth-order valence-electron chi connectivity index (χ4n) is 3.58. The Balaban J connectivity index is 1.94. The summed E-state index contributed by atoms with van der Waals surface area (Å²) in [4.78, 5) is 14.6. The van der Waals surface area contributed by atoms with Crippen molar-refractivity contribution in [2.75, 3.05) is 26.2 Å².